The van der Waals surface area contributed by atoms with Gasteiger partial charge in [-0.05, 0) is 30.7 Å². The second-order valence-corrected chi connectivity index (χ2v) is 4.94. The first kappa shape index (κ1) is 15.8. The van der Waals surface area contributed by atoms with Gasteiger partial charge in [-0.2, -0.15) is 0 Å². The van der Waals surface area contributed by atoms with E-state index in [-0.39, 0.29) is 12.5 Å². The van der Waals surface area contributed by atoms with Gasteiger partial charge in [0.2, 0.25) is 0 Å². The number of carbonyl (C=O) groups is 1. The van der Waals surface area contributed by atoms with E-state index in [0.717, 1.165) is 13.0 Å². The van der Waals surface area contributed by atoms with Gasteiger partial charge in [0.25, 0.3) is 5.91 Å². The number of hydrogen-bond donors (Lipinski definition) is 1. The van der Waals surface area contributed by atoms with Crippen LogP contribution in [0.4, 0.5) is 0 Å². The molecular formula is C15H22ClNO2. The van der Waals surface area contributed by atoms with Crippen molar-refractivity contribution >= 4 is 17.5 Å². The first-order chi connectivity index (χ1) is 9.22. The standard InChI is InChI=1S/C15H22ClNO2/c1-2-3-4-5-6-11-17-15(18)12-19-14-9-7-13(16)8-10-14/h7-10H,2-6,11-12H2,1H3,(H,17,18). The number of halogens is 1. The summed E-state index contributed by atoms with van der Waals surface area (Å²) in [6, 6.07) is 6.98. The highest BCUT2D eigenvalue weighted by Crippen LogP contribution is 2.15. The Kier molecular flexibility index (Phi) is 8.07. The summed E-state index contributed by atoms with van der Waals surface area (Å²) in [4.78, 5) is 11.5. The van der Waals surface area contributed by atoms with Crippen molar-refractivity contribution in [1.82, 2.24) is 5.32 Å². The molecule has 0 aromatic heterocycles. The maximum atomic E-state index is 11.5. The van der Waals surface area contributed by atoms with Crippen LogP contribution in [0.5, 0.6) is 5.75 Å². The molecule has 0 saturated heterocycles. The molecule has 0 atom stereocenters. The number of carbonyl (C=O) groups excluding carboxylic acids is 1. The molecule has 3 nitrogen and oxygen atoms in total. The smallest absolute Gasteiger partial charge is 0.257 e. The van der Waals surface area contributed by atoms with Crippen LogP contribution in [0.25, 0.3) is 0 Å². The third-order valence-electron chi connectivity index (χ3n) is 2.79. The molecule has 19 heavy (non-hydrogen) atoms. The van der Waals surface area contributed by atoms with Crippen LogP contribution in [0.3, 0.4) is 0 Å². The molecule has 1 aromatic rings. The number of ether oxygens (including phenoxy) is 1. The summed E-state index contributed by atoms with van der Waals surface area (Å²) in [5, 5.41) is 3.51. The van der Waals surface area contributed by atoms with Gasteiger partial charge in [0.1, 0.15) is 5.75 Å². The van der Waals surface area contributed by atoms with E-state index < -0.39 is 0 Å². The van der Waals surface area contributed by atoms with E-state index in [4.69, 9.17) is 16.3 Å². The molecule has 0 spiro atoms. The fourth-order valence-corrected chi connectivity index (χ4v) is 1.81. The summed E-state index contributed by atoms with van der Waals surface area (Å²) >= 11 is 5.76. The van der Waals surface area contributed by atoms with E-state index in [9.17, 15) is 4.79 Å². The quantitative estimate of drug-likeness (QED) is 0.700. The monoisotopic (exact) mass is 283 g/mol. The number of unbranched alkanes of at least 4 members (excludes halogenated alkanes) is 4. The summed E-state index contributed by atoms with van der Waals surface area (Å²) in [7, 11) is 0. The van der Waals surface area contributed by atoms with Crippen molar-refractivity contribution in [2.24, 2.45) is 0 Å². The molecule has 0 bridgehead atoms. The molecule has 0 aliphatic carbocycles. The molecule has 106 valence electrons. The number of hydrogen-bond acceptors (Lipinski definition) is 2. The van der Waals surface area contributed by atoms with Gasteiger partial charge in [0.15, 0.2) is 6.61 Å². The molecule has 0 aliphatic rings. The molecule has 0 saturated carbocycles. The zero-order chi connectivity index (χ0) is 13.9. The van der Waals surface area contributed by atoms with E-state index in [2.05, 4.69) is 12.2 Å². The van der Waals surface area contributed by atoms with Crippen LogP contribution < -0.4 is 10.1 Å². The van der Waals surface area contributed by atoms with Crippen molar-refractivity contribution in [3.05, 3.63) is 29.3 Å². The van der Waals surface area contributed by atoms with Gasteiger partial charge < -0.3 is 10.1 Å². The molecular weight excluding hydrogens is 262 g/mol. The lowest BCUT2D eigenvalue weighted by molar-refractivity contribution is -0.123. The van der Waals surface area contributed by atoms with Gasteiger partial charge in [-0.3, -0.25) is 4.79 Å². The van der Waals surface area contributed by atoms with E-state index in [1.165, 1.54) is 25.7 Å². The maximum Gasteiger partial charge on any atom is 0.257 e. The van der Waals surface area contributed by atoms with Crippen LogP contribution in [0.2, 0.25) is 5.02 Å². The fraction of sp³-hybridized carbons (Fsp3) is 0.533. The molecule has 1 amide bonds. The Morgan fingerprint density at radius 1 is 1.16 bits per heavy atom. The van der Waals surface area contributed by atoms with E-state index in [1.807, 2.05) is 0 Å². The van der Waals surface area contributed by atoms with Crippen LogP contribution in [0.1, 0.15) is 39.0 Å². The Morgan fingerprint density at radius 2 is 1.84 bits per heavy atom. The van der Waals surface area contributed by atoms with Gasteiger partial charge in [-0.15, -0.1) is 0 Å². The van der Waals surface area contributed by atoms with Gasteiger partial charge in [0, 0.05) is 11.6 Å². The SMILES string of the molecule is CCCCCCCNC(=O)COc1ccc(Cl)cc1. The lowest BCUT2D eigenvalue weighted by Crippen LogP contribution is -2.29. The third-order valence-corrected chi connectivity index (χ3v) is 3.04. The zero-order valence-corrected chi connectivity index (χ0v) is 12.2. The Bertz CT molecular complexity index is 365. The van der Waals surface area contributed by atoms with Crippen molar-refractivity contribution in [3.63, 3.8) is 0 Å². The molecule has 0 fully saturated rings. The summed E-state index contributed by atoms with van der Waals surface area (Å²) < 4.78 is 5.35. The second-order valence-electron chi connectivity index (χ2n) is 4.51. The predicted octanol–water partition coefficient (Wildman–Crippen LogP) is 3.81. The highest BCUT2D eigenvalue weighted by molar-refractivity contribution is 6.30. The fourth-order valence-electron chi connectivity index (χ4n) is 1.69. The van der Waals surface area contributed by atoms with E-state index in [0.29, 0.717) is 10.8 Å². The number of amides is 1. The van der Waals surface area contributed by atoms with Crippen LogP contribution in [0, 0.1) is 0 Å². The minimum atomic E-state index is -0.0783. The van der Waals surface area contributed by atoms with Crippen molar-refractivity contribution in [3.8, 4) is 5.75 Å². The topological polar surface area (TPSA) is 38.3 Å². The Morgan fingerprint density at radius 3 is 2.53 bits per heavy atom. The van der Waals surface area contributed by atoms with Crippen molar-refractivity contribution in [1.29, 1.82) is 0 Å². The summed E-state index contributed by atoms with van der Waals surface area (Å²) in [6.45, 7) is 2.97. The van der Waals surface area contributed by atoms with E-state index in [1.54, 1.807) is 24.3 Å². The largest absolute Gasteiger partial charge is 0.484 e. The van der Waals surface area contributed by atoms with Crippen LogP contribution in [-0.4, -0.2) is 19.1 Å². The Balaban J connectivity index is 2.06. The average Bonchev–Trinajstić information content (AvgIpc) is 2.42. The third kappa shape index (κ3) is 7.73. The van der Waals surface area contributed by atoms with Crippen LogP contribution in [0.15, 0.2) is 24.3 Å². The Labute approximate surface area is 120 Å². The highest BCUT2D eigenvalue weighted by atomic mass is 35.5. The minimum absolute atomic E-state index is 0.0522. The van der Waals surface area contributed by atoms with Crippen molar-refractivity contribution in [2.75, 3.05) is 13.2 Å². The predicted molar refractivity (Wildman–Crippen MR) is 78.7 cm³/mol. The molecule has 0 unspecified atom stereocenters. The highest BCUT2D eigenvalue weighted by Gasteiger charge is 2.01. The van der Waals surface area contributed by atoms with Gasteiger partial charge in [0.05, 0.1) is 0 Å². The van der Waals surface area contributed by atoms with Gasteiger partial charge in [-0.1, -0.05) is 44.2 Å². The number of nitrogens with one attached hydrogen (secondary N) is 1. The first-order valence-corrected chi connectivity index (χ1v) is 7.25. The van der Waals surface area contributed by atoms with Gasteiger partial charge in [-0.25, -0.2) is 0 Å². The lowest BCUT2D eigenvalue weighted by Gasteiger charge is -2.07. The normalized spacial score (nSPS) is 10.2. The molecule has 0 aliphatic heterocycles. The maximum absolute atomic E-state index is 11.5. The lowest BCUT2D eigenvalue weighted by atomic mass is 10.1. The summed E-state index contributed by atoms with van der Waals surface area (Å²) in [6.07, 6.45) is 5.96. The van der Waals surface area contributed by atoms with Crippen molar-refractivity contribution in [2.45, 2.75) is 39.0 Å². The first-order valence-electron chi connectivity index (χ1n) is 6.87. The molecule has 1 rings (SSSR count). The minimum Gasteiger partial charge on any atom is -0.484 e. The van der Waals surface area contributed by atoms with Gasteiger partial charge >= 0.3 is 0 Å². The average molecular weight is 284 g/mol. The number of rotatable bonds is 9. The van der Waals surface area contributed by atoms with Crippen LogP contribution in [-0.2, 0) is 4.79 Å². The molecule has 0 radical (unpaired) electrons. The van der Waals surface area contributed by atoms with Crippen molar-refractivity contribution < 1.29 is 9.53 Å². The van der Waals surface area contributed by atoms with Crippen LogP contribution >= 0.6 is 11.6 Å². The van der Waals surface area contributed by atoms with E-state index >= 15 is 0 Å². The zero-order valence-electron chi connectivity index (χ0n) is 11.5. The summed E-state index contributed by atoms with van der Waals surface area (Å²) in [5.41, 5.74) is 0. The molecule has 1 N–H and O–H groups in total. The molecule has 0 heterocycles. The summed E-state index contributed by atoms with van der Waals surface area (Å²) in [5.74, 6) is 0.577. The second kappa shape index (κ2) is 9.68. The molecule has 1 aromatic carbocycles. The molecule has 4 heteroatoms. The number of benzene rings is 1. The Hall–Kier alpha value is -1.22.